The number of carbonyl (C=O) groups excluding carboxylic acids is 1. The van der Waals surface area contributed by atoms with E-state index in [4.69, 9.17) is 0 Å². The summed E-state index contributed by atoms with van der Waals surface area (Å²) in [6.07, 6.45) is 0.970. The van der Waals surface area contributed by atoms with Crippen LogP contribution in [0.2, 0.25) is 0 Å². The molecule has 0 spiro atoms. The number of ether oxygens (including phenoxy) is 2. The zero-order chi connectivity index (χ0) is 12.8. The lowest BCUT2D eigenvalue weighted by Crippen LogP contribution is -2.31. The van der Waals surface area contributed by atoms with E-state index in [1.165, 1.54) is 6.92 Å². The molecule has 1 aromatic heterocycles. The van der Waals surface area contributed by atoms with Gasteiger partial charge in [-0.2, -0.15) is 4.39 Å². The molecule has 0 fully saturated rings. The number of halogens is 1. The van der Waals surface area contributed by atoms with Gasteiger partial charge in [-0.25, -0.2) is 9.36 Å². The van der Waals surface area contributed by atoms with E-state index in [9.17, 15) is 18.8 Å². The number of nitrogens with one attached hydrogen (secondary N) is 1. The fourth-order valence-electron chi connectivity index (χ4n) is 0.998. The van der Waals surface area contributed by atoms with Crippen molar-refractivity contribution in [2.75, 3.05) is 13.2 Å². The van der Waals surface area contributed by atoms with Crippen LogP contribution in [-0.4, -0.2) is 28.7 Å². The first-order valence-electron chi connectivity index (χ1n) is 4.71. The highest BCUT2D eigenvalue weighted by Crippen LogP contribution is 2.05. The van der Waals surface area contributed by atoms with Gasteiger partial charge in [-0.1, -0.05) is 0 Å². The largest absolute Gasteiger partial charge is 0.463 e. The molecule has 1 N–H and O–H groups in total. The molecular formula is C9H11FN2O5. The molecule has 0 amide bonds. The van der Waals surface area contributed by atoms with Gasteiger partial charge in [0.15, 0.2) is 0 Å². The van der Waals surface area contributed by atoms with E-state index in [1.54, 1.807) is 0 Å². The predicted molar refractivity (Wildman–Crippen MR) is 54.1 cm³/mol. The normalized spacial score (nSPS) is 12.1. The highest BCUT2D eigenvalue weighted by molar-refractivity contribution is 5.65. The van der Waals surface area contributed by atoms with Crippen molar-refractivity contribution < 1.29 is 18.7 Å². The molecule has 1 aromatic rings. The number of rotatable bonds is 5. The standard InChI is InChI=1S/C9H11FN2O5/c1-6(13)16-4-5-17-8(10)12-3-2-7(14)11-9(12)15/h2-3,8H,4-5H2,1H3,(H,11,14,15)/t8-/m1/s1. The van der Waals surface area contributed by atoms with Gasteiger partial charge in [-0.15, -0.1) is 0 Å². The van der Waals surface area contributed by atoms with Crippen LogP contribution in [0.4, 0.5) is 4.39 Å². The highest BCUT2D eigenvalue weighted by atomic mass is 19.1. The zero-order valence-corrected chi connectivity index (χ0v) is 9.01. The summed E-state index contributed by atoms with van der Waals surface area (Å²) in [4.78, 5) is 34.1. The van der Waals surface area contributed by atoms with Crippen molar-refractivity contribution in [2.24, 2.45) is 0 Å². The van der Waals surface area contributed by atoms with Crippen molar-refractivity contribution in [1.82, 2.24) is 9.55 Å². The number of esters is 1. The summed E-state index contributed by atoms with van der Waals surface area (Å²) in [5.41, 5.74) is -1.55. The SMILES string of the molecule is CC(=O)OCCO[C@H](F)n1ccc(=O)[nH]c1=O. The van der Waals surface area contributed by atoms with E-state index in [-0.39, 0.29) is 13.2 Å². The fourth-order valence-corrected chi connectivity index (χ4v) is 0.998. The van der Waals surface area contributed by atoms with E-state index in [1.807, 2.05) is 4.98 Å². The summed E-state index contributed by atoms with van der Waals surface area (Å²) < 4.78 is 23.0. The van der Waals surface area contributed by atoms with Gasteiger partial charge in [0, 0.05) is 19.2 Å². The third-order valence-corrected chi connectivity index (χ3v) is 1.71. The van der Waals surface area contributed by atoms with Gasteiger partial charge in [0.1, 0.15) is 6.61 Å². The van der Waals surface area contributed by atoms with E-state index < -0.39 is 23.7 Å². The first kappa shape index (κ1) is 13.1. The number of aromatic amines is 1. The average molecular weight is 246 g/mol. The Kier molecular flexibility index (Phi) is 4.58. The molecule has 94 valence electrons. The Balaban J connectivity index is 2.52. The molecule has 0 aliphatic rings. The highest BCUT2D eigenvalue weighted by Gasteiger charge is 2.10. The molecule has 0 bridgehead atoms. The second kappa shape index (κ2) is 5.94. The third-order valence-electron chi connectivity index (χ3n) is 1.71. The van der Waals surface area contributed by atoms with Crippen LogP contribution in [0.25, 0.3) is 0 Å². The van der Waals surface area contributed by atoms with Crippen molar-refractivity contribution in [2.45, 2.75) is 13.4 Å². The Labute approximate surface area is 94.8 Å². The van der Waals surface area contributed by atoms with E-state index in [2.05, 4.69) is 9.47 Å². The van der Waals surface area contributed by atoms with Gasteiger partial charge in [0.05, 0.1) is 6.61 Å². The van der Waals surface area contributed by atoms with Gasteiger partial charge in [0.2, 0.25) is 0 Å². The summed E-state index contributed by atoms with van der Waals surface area (Å²) in [5.74, 6) is -0.509. The van der Waals surface area contributed by atoms with Crippen LogP contribution in [0, 0.1) is 0 Å². The summed E-state index contributed by atoms with van der Waals surface area (Å²) in [6.45, 7) is -1.16. The zero-order valence-electron chi connectivity index (χ0n) is 9.01. The third kappa shape index (κ3) is 4.19. The van der Waals surface area contributed by atoms with Crippen molar-refractivity contribution in [3.63, 3.8) is 0 Å². The number of carbonyl (C=O) groups is 1. The summed E-state index contributed by atoms with van der Waals surface area (Å²) in [6, 6.07) is 0.989. The maximum absolute atomic E-state index is 13.3. The van der Waals surface area contributed by atoms with Crippen molar-refractivity contribution in [3.05, 3.63) is 33.1 Å². The number of hydrogen-bond donors (Lipinski definition) is 1. The molecule has 1 heterocycles. The number of nitrogens with zero attached hydrogens (tertiary/aromatic N) is 1. The Morgan fingerprint density at radius 3 is 2.82 bits per heavy atom. The number of hydrogen-bond acceptors (Lipinski definition) is 5. The molecule has 1 rings (SSSR count). The fraction of sp³-hybridized carbons (Fsp3) is 0.444. The second-order valence-electron chi connectivity index (χ2n) is 3.02. The van der Waals surface area contributed by atoms with E-state index in [0.29, 0.717) is 4.57 Å². The first-order chi connectivity index (χ1) is 8.00. The lowest BCUT2D eigenvalue weighted by molar-refractivity contribution is -0.148. The summed E-state index contributed by atoms with van der Waals surface area (Å²) in [7, 11) is 0. The van der Waals surface area contributed by atoms with E-state index >= 15 is 0 Å². The smallest absolute Gasteiger partial charge is 0.332 e. The minimum atomic E-state index is -2.05. The minimum Gasteiger partial charge on any atom is -0.463 e. The Bertz CT molecular complexity index is 495. The monoisotopic (exact) mass is 246 g/mol. The maximum Gasteiger partial charge on any atom is 0.332 e. The second-order valence-corrected chi connectivity index (χ2v) is 3.02. The lowest BCUT2D eigenvalue weighted by Gasteiger charge is -2.11. The van der Waals surface area contributed by atoms with Gasteiger partial charge in [-0.05, 0) is 0 Å². The van der Waals surface area contributed by atoms with Crippen molar-refractivity contribution in [1.29, 1.82) is 0 Å². The van der Waals surface area contributed by atoms with Gasteiger partial charge in [-0.3, -0.25) is 14.6 Å². The summed E-state index contributed by atoms with van der Waals surface area (Å²) in [5, 5.41) is 0. The van der Waals surface area contributed by atoms with Crippen LogP contribution in [-0.2, 0) is 14.3 Å². The molecule has 1 atom stereocenters. The van der Waals surface area contributed by atoms with Crippen LogP contribution in [0.3, 0.4) is 0 Å². The van der Waals surface area contributed by atoms with Crippen LogP contribution in [0.5, 0.6) is 0 Å². The van der Waals surface area contributed by atoms with Crippen LogP contribution in [0.15, 0.2) is 21.9 Å². The van der Waals surface area contributed by atoms with Crippen LogP contribution >= 0.6 is 0 Å². The topological polar surface area (TPSA) is 90.4 Å². The number of H-pyrrole nitrogens is 1. The first-order valence-corrected chi connectivity index (χ1v) is 4.71. The molecule has 0 unspecified atom stereocenters. The van der Waals surface area contributed by atoms with Gasteiger partial charge < -0.3 is 9.47 Å². The molecule has 0 saturated heterocycles. The van der Waals surface area contributed by atoms with E-state index in [0.717, 1.165) is 12.3 Å². The Morgan fingerprint density at radius 1 is 1.53 bits per heavy atom. The average Bonchev–Trinajstić information content (AvgIpc) is 2.23. The lowest BCUT2D eigenvalue weighted by atomic mass is 10.6. The molecule has 0 radical (unpaired) electrons. The Morgan fingerprint density at radius 2 is 2.24 bits per heavy atom. The quantitative estimate of drug-likeness (QED) is 0.561. The number of aromatic nitrogens is 2. The molecule has 8 heteroatoms. The van der Waals surface area contributed by atoms with Gasteiger partial charge in [0.25, 0.3) is 12.0 Å². The van der Waals surface area contributed by atoms with Crippen LogP contribution < -0.4 is 11.2 Å². The minimum absolute atomic E-state index is 0.117. The molecule has 7 nitrogen and oxygen atoms in total. The van der Waals surface area contributed by atoms with Gasteiger partial charge >= 0.3 is 11.7 Å². The predicted octanol–water partition coefficient (Wildman–Crippen LogP) is -0.458. The van der Waals surface area contributed by atoms with Crippen molar-refractivity contribution >= 4 is 5.97 Å². The molecule has 17 heavy (non-hydrogen) atoms. The molecule has 0 aromatic carbocycles. The summed E-state index contributed by atoms with van der Waals surface area (Å²) >= 11 is 0. The molecular weight excluding hydrogens is 235 g/mol. The molecule has 0 aliphatic carbocycles. The molecule has 0 aliphatic heterocycles. The molecule has 0 saturated carbocycles. The van der Waals surface area contributed by atoms with Crippen LogP contribution in [0.1, 0.15) is 13.4 Å². The number of alkyl halides is 1. The van der Waals surface area contributed by atoms with Crippen molar-refractivity contribution in [3.8, 4) is 0 Å². The maximum atomic E-state index is 13.3. The Hall–Kier alpha value is -1.96.